The first-order chi connectivity index (χ1) is 6.50. The fraction of sp³-hybridized carbons (Fsp3) is 0.500. The van der Waals surface area contributed by atoms with Gasteiger partial charge in [0.05, 0.1) is 11.8 Å². The van der Waals surface area contributed by atoms with E-state index in [1.807, 2.05) is 24.9 Å². The van der Waals surface area contributed by atoms with Crippen LogP contribution in [-0.2, 0) is 0 Å². The minimum atomic E-state index is -0.387. The molecule has 0 aliphatic heterocycles. The maximum Gasteiger partial charge on any atom is 0.151 e. The lowest BCUT2D eigenvalue weighted by atomic mass is 10.2. The minimum Gasteiger partial charge on any atom is -0.396 e. The summed E-state index contributed by atoms with van der Waals surface area (Å²) in [6.07, 6.45) is 1.38. The van der Waals surface area contributed by atoms with Crippen molar-refractivity contribution in [3.8, 4) is 0 Å². The molecule has 1 unspecified atom stereocenters. The van der Waals surface area contributed by atoms with E-state index in [4.69, 9.17) is 5.73 Å². The summed E-state index contributed by atoms with van der Waals surface area (Å²) in [5, 5.41) is 9.22. The topological polar surface area (TPSA) is 62.4 Å². The molecule has 3 N–H and O–H groups in total. The second-order valence-electron chi connectivity index (χ2n) is 3.66. The highest BCUT2D eigenvalue weighted by molar-refractivity contribution is 5.62. The Morgan fingerprint density at radius 2 is 2.29 bits per heavy atom. The van der Waals surface area contributed by atoms with E-state index in [1.165, 1.54) is 0 Å². The Labute approximate surface area is 84.4 Å². The van der Waals surface area contributed by atoms with Crippen LogP contribution in [0.15, 0.2) is 12.3 Å². The van der Waals surface area contributed by atoms with E-state index in [2.05, 4.69) is 4.98 Å². The molecule has 0 saturated carbocycles. The zero-order valence-electron chi connectivity index (χ0n) is 8.86. The van der Waals surface area contributed by atoms with Gasteiger partial charge in [0.2, 0.25) is 0 Å². The number of pyridine rings is 1. The summed E-state index contributed by atoms with van der Waals surface area (Å²) in [7, 11) is 1.86. The van der Waals surface area contributed by atoms with Crippen LogP contribution in [-0.4, -0.2) is 29.8 Å². The Bertz CT molecular complexity index is 312. The highest BCUT2D eigenvalue weighted by Crippen LogP contribution is 2.19. The molecule has 1 heterocycles. The van der Waals surface area contributed by atoms with Gasteiger partial charge in [-0.3, -0.25) is 0 Å². The van der Waals surface area contributed by atoms with Crippen LogP contribution in [0.2, 0.25) is 0 Å². The number of nitrogens with two attached hydrogens (primary N) is 1. The Morgan fingerprint density at radius 1 is 1.64 bits per heavy atom. The molecule has 0 aromatic carbocycles. The van der Waals surface area contributed by atoms with E-state index in [-0.39, 0.29) is 6.10 Å². The molecule has 4 nitrogen and oxygen atoms in total. The summed E-state index contributed by atoms with van der Waals surface area (Å²) in [6.45, 7) is 4.21. The van der Waals surface area contributed by atoms with Crippen LogP contribution in [0.25, 0.3) is 0 Å². The summed E-state index contributed by atoms with van der Waals surface area (Å²) < 4.78 is 0. The number of aromatic nitrogens is 1. The van der Waals surface area contributed by atoms with E-state index in [1.54, 1.807) is 13.1 Å². The van der Waals surface area contributed by atoms with Crippen molar-refractivity contribution in [3.05, 3.63) is 17.8 Å². The summed E-state index contributed by atoms with van der Waals surface area (Å²) >= 11 is 0. The van der Waals surface area contributed by atoms with Crippen molar-refractivity contribution in [3.63, 3.8) is 0 Å². The van der Waals surface area contributed by atoms with Gasteiger partial charge >= 0.3 is 0 Å². The van der Waals surface area contributed by atoms with Gasteiger partial charge in [-0.2, -0.15) is 0 Å². The third kappa shape index (κ3) is 2.60. The van der Waals surface area contributed by atoms with Crippen molar-refractivity contribution in [2.45, 2.75) is 20.0 Å². The van der Waals surface area contributed by atoms with Crippen molar-refractivity contribution in [1.29, 1.82) is 0 Å². The van der Waals surface area contributed by atoms with Gasteiger partial charge in [-0.1, -0.05) is 0 Å². The molecule has 1 aromatic rings. The standard InChI is InChI=1S/C10H17N3O/c1-7-4-9(11)10(12-5-7)13(3)6-8(2)14/h4-5,8,14H,6,11H2,1-3H3. The number of nitrogens with zero attached hydrogens (tertiary/aromatic N) is 2. The predicted molar refractivity (Wildman–Crippen MR) is 58.3 cm³/mol. The van der Waals surface area contributed by atoms with E-state index < -0.39 is 0 Å². The first kappa shape index (κ1) is 10.8. The first-order valence-corrected chi connectivity index (χ1v) is 4.62. The first-order valence-electron chi connectivity index (χ1n) is 4.62. The van der Waals surface area contributed by atoms with Crippen molar-refractivity contribution in [2.75, 3.05) is 24.2 Å². The summed E-state index contributed by atoms with van der Waals surface area (Å²) in [4.78, 5) is 6.07. The zero-order chi connectivity index (χ0) is 10.7. The summed E-state index contributed by atoms with van der Waals surface area (Å²) in [6, 6.07) is 1.88. The lowest BCUT2D eigenvalue weighted by molar-refractivity contribution is 0.201. The molecule has 1 rings (SSSR count). The fourth-order valence-corrected chi connectivity index (χ4v) is 1.39. The lowest BCUT2D eigenvalue weighted by Gasteiger charge is -2.21. The van der Waals surface area contributed by atoms with Gasteiger partial charge in [-0.05, 0) is 25.5 Å². The number of aryl methyl sites for hydroxylation is 1. The van der Waals surface area contributed by atoms with Gasteiger partial charge in [-0.25, -0.2) is 4.98 Å². The van der Waals surface area contributed by atoms with Crippen LogP contribution in [0.3, 0.4) is 0 Å². The number of anilines is 2. The second-order valence-corrected chi connectivity index (χ2v) is 3.66. The van der Waals surface area contributed by atoms with Gasteiger partial charge in [0.25, 0.3) is 0 Å². The van der Waals surface area contributed by atoms with Crippen LogP contribution in [0.4, 0.5) is 11.5 Å². The van der Waals surface area contributed by atoms with Gasteiger partial charge in [-0.15, -0.1) is 0 Å². The van der Waals surface area contributed by atoms with E-state index in [0.29, 0.717) is 12.2 Å². The van der Waals surface area contributed by atoms with Gasteiger partial charge in [0.15, 0.2) is 5.82 Å². The van der Waals surface area contributed by atoms with Crippen molar-refractivity contribution >= 4 is 11.5 Å². The van der Waals surface area contributed by atoms with Crippen LogP contribution in [0.1, 0.15) is 12.5 Å². The number of rotatable bonds is 3. The predicted octanol–water partition coefficient (Wildman–Crippen LogP) is 0.789. The minimum absolute atomic E-state index is 0.387. The molecule has 14 heavy (non-hydrogen) atoms. The second kappa shape index (κ2) is 4.28. The van der Waals surface area contributed by atoms with Crippen LogP contribution < -0.4 is 10.6 Å². The Hall–Kier alpha value is -1.29. The molecule has 1 aromatic heterocycles. The molecule has 0 amide bonds. The molecule has 78 valence electrons. The van der Waals surface area contributed by atoms with E-state index in [0.717, 1.165) is 11.4 Å². The zero-order valence-corrected chi connectivity index (χ0v) is 8.86. The molecule has 4 heteroatoms. The third-order valence-electron chi connectivity index (χ3n) is 1.93. The Kier molecular flexibility index (Phi) is 3.30. The molecule has 0 aliphatic rings. The van der Waals surface area contributed by atoms with Gasteiger partial charge in [0.1, 0.15) is 0 Å². The van der Waals surface area contributed by atoms with Crippen molar-refractivity contribution in [2.24, 2.45) is 0 Å². The Morgan fingerprint density at radius 3 is 2.79 bits per heavy atom. The van der Waals surface area contributed by atoms with Crippen molar-refractivity contribution in [1.82, 2.24) is 4.98 Å². The largest absolute Gasteiger partial charge is 0.396 e. The SMILES string of the molecule is Cc1cnc(N(C)CC(C)O)c(N)c1. The van der Waals surface area contributed by atoms with Crippen LogP contribution >= 0.6 is 0 Å². The molecule has 0 aliphatic carbocycles. The molecule has 1 atom stereocenters. The smallest absolute Gasteiger partial charge is 0.151 e. The Balaban J connectivity index is 2.84. The number of hydrogen-bond acceptors (Lipinski definition) is 4. The van der Waals surface area contributed by atoms with E-state index in [9.17, 15) is 5.11 Å². The number of likely N-dealkylation sites (N-methyl/N-ethyl adjacent to an activating group) is 1. The number of aliphatic hydroxyl groups excluding tert-OH is 1. The molecule has 0 radical (unpaired) electrons. The number of nitrogen functional groups attached to an aromatic ring is 1. The molecule has 0 bridgehead atoms. The maximum atomic E-state index is 9.22. The van der Waals surface area contributed by atoms with Crippen LogP contribution in [0, 0.1) is 6.92 Å². The third-order valence-corrected chi connectivity index (χ3v) is 1.93. The average Bonchev–Trinajstić information content (AvgIpc) is 2.01. The fourth-order valence-electron chi connectivity index (χ4n) is 1.39. The highest BCUT2D eigenvalue weighted by atomic mass is 16.3. The van der Waals surface area contributed by atoms with Crippen LogP contribution in [0.5, 0.6) is 0 Å². The maximum absolute atomic E-state index is 9.22. The van der Waals surface area contributed by atoms with Crippen molar-refractivity contribution < 1.29 is 5.11 Å². The summed E-state index contributed by atoms with van der Waals surface area (Å²) in [5.41, 5.74) is 7.50. The monoisotopic (exact) mass is 195 g/mol. The molecular formula is C10H17N3O. The lowest BCUT2D eigenvalue weighted by Crippen LogP contribution is -2.28. The normalized spacial score (nSPS) is 12.6. The highest BCUT2D eigenvalue weighted by Gasteiger charge is 2.08. The molecule has 0 spiro atoms. The summed E-state index contributed by atoms with van der Waals surface area (Å²) in [5.74, 6) is 0.719. The molecular weight excluding hydrogens is 178 g/mol. The van der Waals surface area contributed by atoms with E-state index >= 15 is 0 Å². The quantitative estimate of drug-likeness (QED) is 0.748. The molecule has 0 saturated heterocycles. The molecule has 0 fully saturated rings. The van der Waals surface area contributed by atoms with Gasteiger partial charge < -0.3 is 15.7 Å². The number of aliphatic hydroxyl groups is 1. The average molecular weight is 195 g/mol. The van der Waals surface area contributed by atoms with Gasteiger partial charge in [0, 0.05) is 19.8 Å². The number of hydrogen-bond donors (Lipinski definition) is 2.